The molecule has 2 atom stereocenters. The van der Waals surface area contributed by atoms with Crippen LogP contribution in [0.1, 0.15) is 62.9 Å². The highest BCUT2D eigenvalue weighted by Crippen LogP contribution is 2.47. The van der Waals surface area contributed by atoms with Crippen LogP contribution in [-0.2, 0) is 10.8 Å². The zero-order chi connectivity index (χ0) is 38.7. The number of hydrogen-bond donors (Lipinski definition) is 0. The normalized spacial score (nSPS) is 15.0. The molecule has 0 aliphatic rings. The molecular weight excluding hydrogens is 647 g/mol. The first-order valence-electron chi connectivity index (χ1n) is 19.4. The van der Waals surface area contributed by atoms with Crippen molar-refractivity contribution < 1.29 is 8.53 Å². The Bertz CT molecular complexity index is 2790. The average Bonchev–Trinajstić information content (AvgIpc) is 3.62. The van der Waals surface area contributed by atoms with Gasteiger partial charge in [0.25, 0.3) is 0 Å². The quantitative estimate of drug-likeness (QED) is 0.167. The molecule has 0 saturated heterocycles. The van der Waals surface area contributed by atoms with Crippen LogP contribution < -0.4 is 0 Å². The van der Waals surface area contributed by atoms with Gasteiger partial charge in [0, 0.05) is 32.8 Å². The molecule has 0 aliphatic carbocycles. The lowest BCUT2D eigenvalue weighted by Gasteiger charge is -2.32. The molecule has 4 heterocycles. The summed E-state index contributed by atoms with van der Waals surface area (Å²) < 4.78 is 33.5. The van der Waals surface area contributed by atoms with Gasteiger partial charge in [0.2, 0.25) is 0 Å². The molecule has 256 valence electrons. The zero-order valence-electron chi connectivity index (χ0n) is 32.8. The highest BCUT2D eigenvalue weighted by atomic mass is 16.3. The Morgan fingerprint density at radius 1 is 0.585 bits per heavy atom. The van der Waals surface area contributed by atoms with E-state index in [0.717, 1.165) is 55.1 Å². The Morgan fingerprint density at radius 3 is 1.87 bits per heavy atom. The third-order valence-corrected chi connectivity index (χ3v) is 11.1. The molecule has 0 radical (unpaired) electrons. The summed E-state index contributed by atoms with van der Waals surface area (Å²) in [5, 5.41) is 4.15. The van der Waals surface area contributed by atoms with Crippen molar-refractivity contribution in [2.75, 3.05) is 0 Å². The number of pyridine rings is 3. The topological polar surface area (TPSA) is 51.8 Å². The molecule has 1 unspecified atom stereocenters. The molecule has 4 nitrogen and oxygen atoms in total. The molecule has 0 aliphatic heterocycles. The van der Waals surface area contributed by atoms with Gasteiger partial charge in [-0.1, -0.05) is 103 Å². The number of aromatic nitrogens is 3. The van der Waals surface area contributed by atoms with Gasteiger partial charge in [-0.05, 0) is 115 Å². The molecule has 5 aromatic carbocycles. The minimum atomic E-state index is -2.46. The van der Waals surface area contributed by atoms with Gasteiger partial charge >= 0.3 is 0 Å². The molecule has 0 bridgehead atoms. The lowest BCUT2D eigenvalue weighted by molar-refractivity contribution is 0.635. The van der Waals surface area contributed by atoms with Gasteiger partial charge < -0.3 is 4.42 Å². The molecule has 0 N–H and O–H groups in total. The summed E-state index contributed by atoms with van der Waals surface area (Å²) >= 11 is 0. The van der Waals surface area contributed by atoms with Gasteiger partial charge in [-0.2, -0.15) is 0 Å². The second-order valence-electron chi connectivity index (χ2n) is 14.1. The monoisotopic (exact) mass is 688 g/mol. The van der Waals surface area contributed by atoms with Crippen molar-refractivity contribution in [1.29, 1.82) is 0 Å². The van der Waals surface area contributed by atoms with Crippen LogP contribution in [0.5, 0.6) is 0 Å². The number of furan rings is 1. The van der Waals surface area contributed by atoms with Crippen molar-refractivity contribution in [2.45, 2.75) is 38.5 Å². The van der Waals surface area contributed by atoms with Gasteiger partial charge in [-0.15, -0.1) is 0 Å². The molecule has 0 saturated carbocycles. The molecule has 4 aromatic heterocycles. The standard InChI is InChI=1S/C49H39N3O/c1-32-29-41(52-47(33(32)2)49(4,36-20-9-6-10-21-36)44-24-14-16-28-51-44)39-30-37(48(3,35-18-7-5-8-19-35)43-23-13-15-27-50-43)31-40-45-38-22-12-11-17-34(38)25-26-42(45)53-46(39)40/h5-31H,1-4H3/t48?,49-/m1/s1/i2D3. The Labute approximate surface area is 314 Å². The van der Waals surface area contributed by atoms with E-state index in [9.17, 15) is 0 Å². The summed E-state index contributed by atoms with van der Waals surface area (Å²) in [5.74, 6) is 0. The van der Waals surface area contributed by atoms with Crippen molar-refractivity contribution in [3.8, 4) is 11.3 Å². The van der Waals surface area contributed by atoms with Crippen molar-refractivity contribution >= 4 is 32.7 Å². The number of rotatable bonds is 7. The van der Waals surface area contributed by atoms with Crippen LogP contribution in [0, 0.1) is 13.8 Å². The van der Waals surface area contributed by atoms with E-state index in [1.54, 1.807) is 6.20 Å². The van der Waals surface area contributed by atoms with Crippen molar-refractivity contribution in [3.05, 3.63) is 209 Å². The molecule has 0 fully saturated rings. The lowest BCUT2D eigenvalue weighted by Crippen LogP contribution is -2.29. The first-order valence-corrected chi connectivity index (χ1v) is 17.9. The highest BCUT2D eigenvalue weighted by molar-refractivity contribution is 6.20. The summed E-state index contributed by atoms with van der Waals surface area (Å²) in [7, 11) is 0. The van der Waals surface area contributed by atoms with Crippen LogP contribution >= 0.6 is 0 Å². The molecule has 9 rings (SSSR count). The molecule has 4 heteroatoms. The van der Waals surface area contributed by atoms with Crippen LogP contribution in [-0.4, -0.2) is 15.0 Å². The van der Waals surface area contributed by atoms with Crippen LogP contribution in [0.25, 0.3) is 44.0 Å². The first kappa shape index (κ1) is 29.2. The molecule has 53 heavy (non-hydrogen) atoms. The second kappa shape index (κ2) is 12.7. The fourth-order valence-corrected chi connectivity index (χ4v) is 8.03. The maximum atomic E-state index is 8.87. The number of hydrogen-bond acceptors (Lipinski definition) is 4. The maximum absolute atomic E-state index is 8.87. The van der Waals surface area contributed by atoms with Gasteiger partial charge in [-0.3, -0.25) is 15.0 Å². The van der Waals surface area contributed by atoms with E-state index >= 15 is 0 Å². The number of fused-ring (bicyclic) bond motifs is 5. The summed E-state index contributed by atoms with van der Waals surface area (Å²) in [6.45, 7) is 3.65. The van der Waals surface area contributed by atoms with Gasteiger partial charge in [0.1, 0.15) is 11.2 Å². The first-order chi connectivity index (χ1) is 27.1. The smallest absolute Gasteiger partial charge is 0.144 e. The second-order valence-corrected chi connectivity index (χ2v) is 14.1. The van der Waals surface area contributed by atoms with E-state index < -0.39 is 17.7 Å². The fourth-order valence-electron chi connectivity index (χ4n) is 8.03. The van der Waals surface area contributed by atoms with Gasteiger partial charge in [0.05, 0.1) is 33.6 Å². The summed E-state index contributed by atoms with van der Waals surface area (Å²) in [4.78, 5) is 15.2. The van der Waals surface area contributed by atoms with Crippen LogP contribution in [0.2, 0.25) is 0 Å². The van der Waals surface area contributed by atoms with E-state index in [2.05, 4.69) is 73.7 Å². The minimum Gasteiger partial charge on any atom is -0.455 e. The van der Waals surface area contributed by atoms with E-state index in [1.807, 2.05) is 105 Å². The summed E-state index contributed by atoms with van der Waals surface area (Å²) in [6.07, 6.45) is 3.58. The highest BCUT2D eigenvalue weighted by Gasteiger charge is 2.38. The van der Waals surface area contributed by atoms with Crippen molar-refractivity contribution in [1.82, 2.24) is 15.0 Å². The summed E-state index contributed by atoms with van der Waals surface area (Å²) in [6, 6.07) is 50.9. The average molecular weight is 689 g/mol. The molecule has 0 amide bonds. The Balaban J connectivity index is 1.43. The van der Waals surface area contributed by atoms with Crippen LogP contribution in [0.4, 0.5) is 0 Å². The molecule has 0 spiro atoms. The SMILES string of the molecule is [2H]C([2H])([2H])c1c(C)cc(-c2cc(C(C)(c3ccccc3)c3ccccn3)cc3c2oc2ccc4ccccc4c23)nc1[C@](C)(c1ccccc1)c1ccccn1. The van der Waals surface area contributed by atoms with Gasteiger partial charge in [0.15, 0.2) is 0 Å². The third kappa shape index (κ3) is 5.16. The zero-order valence-corrected chi connectivity index (χ0v) is 29.8. The number of nitrogens with zero attached hydrogens (tertiary/aromatic N) is 3. The predicted octanol–water partition coefficient (Wildman–Crippen LogP) is 11.9. The predicted molar refractivity (Wildman–Crippen MR) is 216 cm³/mol. The van der Waals surface area contributed by atoms with Crippen LogP contribution in [0.3, 0.4) is 0 Å². The van der Waals surface area contributed by atoms with Crippen LogP contribution in [0.15, 0.2) is 168 Å². The minimum absolute atomic E-state index is 0.212. The Morgan fingerprint density at radius 2 is 1.21 bits per heavy atom. The van der Waals surface area contributed by atoms with Crippen molar-refractivity contribution in [2.24, 2.45) is 0 Å². The number of aryl methyl sites for hydroxylation is 1. The molecular formula is C49H39N3O. The Kier molecular flexibility index (Phi) is 6.99. The van der Waals surface area contributed by atoms with E-state index in [1.165, 1.54) is 0 Å². The Hall–Kier alpha value is -6.39. The van der Waals surface area contributed by atoms with Crippen molar-refractivity contribution in [3.63, 3.8) is 0 Å². The lowest BCUT2D eigenvalue weighted by atomic mass is 9.72. The summed E-state index contributed by atoms with van der Waals surface area (Å²) in [5.41, 5.74) is 6.88. The number of benzene rings is 5. The van der Waals surface area contributed by atoms with E-state index in [4.69, 9.17) is 23.5 Å². The third-order valence-electron chi connectivity index (χ3n) is 11.1. The van der Waals surface area contributed by atoms with E-state index in [-0.39, 0.29) is 5.56 Å². The molecule has 9 aromatic rings. The van der Waals surface area contributed by atoms with E-state index in [0.29, 0.717) is 28.2 Å². The maximum Gasteiger partial charge on any atom is 0.144 e. The van der Waals surface area contributed by atoms with Gasteiger partial charge in [-0.25, -0.2) is 0 Å². The fraction of sp³-hybridized carbons (Fsp3) is 0.122. The largest absolute Gasteiger partial charge is 0.455 e.